The lowest BCUT2D eigenvalue weighted by atomic mass is 10.2. The molecule has 0 radical (unpaired) electrons. The van der Waals surface area contributed by atoms with Crippen LogP contribution in [0.15, 0.2) is 18.2 Å². The van der Waals surface area contributed by atoms with E-state index in [1.165, 1.54) is 25.1 Å². The van der Waals surface area contributed by atoms with Gasteiger partial charge in [-0.3, -0.25) is 4.72 Å². The van der Waals surface area contributed by atoms with E-state index in [0.717, 1.165) is 0 Å². The molecule has 4 nitrogen and oxygen atoms in total. The highest BCUT2D eigenvalue weighted by molar-refractivity contribution is 7.92. The van der Waals surface area contributed by atoms with Gasteiger partial charge in [-0.05, 0) is 25.5 Å². The van der Waals surface area contributed by atoms with Gasteiger partial charge in [-0.15, -0.1) is 0 Å². The number of nitrogens with one attached hydrogen (secondary N) is 1. The summed E-state index contributed by atoms with van der Waals surface area (Å²) in [6.07, 6.45) is 0.156. The van der Waals surface area contributed by atoms with E-state index in [0.29, 0.717) is 0 Å². The van der Waals surface area contributed by atoms with E-state index in [-0.39, 0.29) is 30.0 Å². The summed E-state index contributed by atoms with van der Waals surface area (Å²) in [6.45, 7) is 1.31. The lowest BCUT2D eigenvalue weighted by Crippen LogP contribution is -2.18. The normalized spacial score (nSPS) is 11.4. The average molecular weight is 247 g/mol. The van der Waals surface area contributed by atoms with E-state index in [4.69, 9.17) is 5.11 Å². The second-order valence-corrected chi connectivity index (χ2v) is 5.25. The molecule has 0 amide bonds. The molecule has 0 saturated carbocycles. The summed E-state index contributed by atoms with van der Waals surface area (Å²) in [6, 6.07) is 4.20. The quantitative estimate of drug-likeness (QED) is 0.823. The van der Waals surface area contributed by atoms with Gasteiger partial charge in [0, 0.05) is 12.2 Å². The van der Waals surface area contributed by atoms with Gasteiger partial charge in [0.15, 0.2) is 0 Å². The molecule has 0 saturated heterocycles. The van der Waals surface area contributed by atoms with E-state index in [9.17, 15) is 12.8 Å². The molecule has 0 fully saturated rings. The molecule has 0 aliphatic carbocycles. The Balaban J connectivity index is 2.84. The highest BCUT2D eigenvalue weighted by atomic mass is 32.2. The van der Waals surface area contributed by atoms with Crippen LogP contribution in [-0.4, -0.2) is 25.9 Å². The van der Waals surface area contributed by atoms with Crippen molar-refractivity contribution in [2.24, 2.45) is 0 Å². The summed E-state index contributed by atoms with van der Waals surface area (Å²) < 4.78 is 38.4. The summed E-state index contributed by atoms with van der Waals surface area (Å²) in [5.74, 6) is -0.637. The van der Waals surface area contributed by atoms with Crippen molar-refractivity contribution in [3.05, 3.63) is 29.6 Å². The minimum Gasteiger partial charge on any atom is -0.396 e. The standard InChI is InChI=1S/C10H14FNO3S/c1-8-9(11)4-2-5-10(8)12-16(14,15)7-3-6-13/h2,4-5,12-13H,3,6-7H2,1H3. The highest BCUT2D eigenvalue weighted by Gasteiger charge is 2.12. The molecule has 1 rings (SSSR count). The molecule has 1 aromatic carbocycles. The molecule has 0 unspecified atom stereocenters. The Hall–Kier alpha value is -1.14. The molecule has 0 aliphatic rings. The van der Waals surface area contributed by atoms with Gasteiger partial charge in [-0.1, -0.05) is 6.07 Å². The first-order valence-electron chi connectivity index (χ1n) is 4.83. The third-order valence-electron chi connectivity index (χ3n) is 2.10. The fourth-order valence-corrected chi connectivity index (χ4v) is 2.36. The van der Waals surface area contributed by atoms with E-state index in [1.807, 2.05) is 0 Å². The van der Waals surface area contributed by atoms with Crippen LogP contribution in [0.4, 0.5) is 10.1 Å². The lowest BCUT2D eigenvalue weighted by molar-refractivity contribution is 0.295. The molecule has 0 heterocycles. The maximum atomic E-state index is 13.1. The van der Waals surface area contributed by atoms with Crippen LogP contribution in [0.2, 0.25) is 0 Å². The van der Waals surface area contributed by atoms with Gasteiger partial charge >= 0.3 is 0 Å². The molecule has 0 aliphatic heterocycles. The number of sulfonamides is 1. The number of hydrogen-bond acceptors (Lipinski definition) is 3. The lowest BCUT2D eigenvalue weighted by Gasteiger charge is -2.10. The SMILES string of the molecule is Cc1c(F)cccc1NS(=O)(=O)CCCO. The van der Waals surface area contributed by atoms with Crippen molar-refractivity contribution >= 4 is 15.7 Å². The van der Waals surface area contributed by atoms with Gasteiger partial charge in [0.1, 0.15) is 5.82 Å². The van der Waals surface area contributed by atoms with Crippen LogP contribution in [0.3, 0.4) is 0 Å². The van der Waals surface area contributed by atoms with Gasteiger partial charge < -0.3 is 5.11 Å². The first-order valence-corrected chi connectivity index (χ1v) is 6.48. The van der Waals surface area contributed by atoms with Crippen LogP contribution in [0.25, 0.3) is 0 Å². The summed E-state index contributed by atoms with van der Waals surface area (Å²) in [4.78, 5) is 0. The summed E-state index contributed by atoms with van der Waals surface area (Å²) in [5.41, 5.74) is 0.494. The number of aliphatic hydroxyl groups is 1. The summed E-state index contributed by atoms with van der Waals surface area (Å²) in [7, 11) is -3.51. The smallest absolute Gasteiger partial charge is 0.232 e. The minimum atomic E-state index is -3.51. The molecule has 16 heavy (non-hydrogen) atoms. The Morgan fingerprint density at radius 2 is 2.12 bits per heavy atom. The van der Waals surface area contributed by atoms with Gasteiger partial charge in [-0.2, -0.15) is 0 Å². The molecule has 0 aromatic heterocycles. The number of halogens is 1. The molecule has 0 atom stereocenters. The fourth-order valence-electron chi connectivity index (χ4n) is 1.19. The highest BCUT2D eigenvalue weighted by Crippen LogP contribution is 2.18. The van der Waals surface area contributed by atoms with Crippen molar-refractivity contribution in [1.82, 2.24) is 0 Å². The molecule has 1 aromatic rings. The van der Waals surface area contributed by atoms with Crippen molar-refractivity contribution in [3.8, 4) is 0 Å². The zero-order valence-electron chi connectivity index (χ0n) is 8.90. The molecule has 0 bridgehead atoms. The number of benzene rings is 1. The largest absolute Gasteiger partial charge is 0.396 e. The first-order chi connectivity index (χ1) is 7.46. The molecule has 90 valence electrons. The Labute approximate surface area is 94.2 Å². The zero-order chi connectivity index (χ0) is 12.2. The molecular weight excluding hydrogens is 233 g/mol. The number of anilines is 1. The molecule has 6 heteroatoms. The van der Waals surface area contributed by atoms with E-state index >= 15 is 0 Å². The van der Waals surface area contributed by atoms with E-state index in [2.05, 4.69) is 4.72 Å². The van der Waals surface area contributed by atoms with Crippen molar-refractivity contribution in [1.29, 1.82) is 0 Å². The van der Waals surface area contributed by atoms with Crippen LogP contribution < -0.4 is 4.72 Å². The van der Waals surface area contributed by atoms with Gasteiger partial charge in [-0.25, -0.2) is 12.8 Å². The van der Waals surface area contributed by atoms with Crippen molar-refractivity contribution in [2.75, 3.05) is 17.1 Å². The predicted octanol–water partition coefficient (Wildman–Crippen LogP) is 1.26. The van der Waals surface area contributed by atoms with Crippen molar-refractivity contribution in [3.63, 3.8) is 0 Å². The summed E-state index contributed by atoms with van der Waals surface area (Å²) >= 11 is 0. The van der Waals surface area contributed by atoms with Crippen LogP contribution >= 0.6 is 0 Å². The Morgan fingerprint density at radius 1 is 1.44 bits per heavy atom. The van der Waals surface area contributed by atoms with Gasteiger partial charge in [0.25, 0.3) is 0 Å². The maximum Gasteiger partial charge on any atom is 0.232 e. The number of aliphatic hydroxyl groups excluding tert-OH is 1. The third-order valence-corrected chi connectivity index (χ3v) is 3.46. The van der Waals surface area contributed by atoms with Crippen LogP contribution in [0, 0.1) is 12.7 Å². The van der Waals surface area contributed by atoms with Gasteiger partial charge in [0.2, 0.25) is 10.0 Å². The van der Waals surface area contributed by atoms with E-state index < -0.39 is 15.8 Å². The molecule has 2 N–H and O–H groups in total. The summed E-state index contributed by atoms with van der Waals surface area (Å²) in [5, 5.41) is 8.54. The average Bonchev–Trinajstić information content (AvgIpc) is 2.22. The Bertz CT molecular complexity index is 459. The van der Waals surface area contributed by atoms with Gasteiger partial charge in [0.05, 0.1) is 11.4 Å². The molecular formula is C10H14FNO3S. The Kier molecular flexibility index (Phi) is 4.26. The number of rotatable bonds is 5. The maximum absolute atomic E-state index is 13.1. The second-order valence-electron chi connectivity index (χ2n) is 3.41. The van der Waals surface area contributed by atoms with Crippen LogP contribution in [-0.2, 0) is 10.0 Å². The first kappa shape index (κ1) is 12.9. The van der Waals surface area contributed by atoms with Crippen molar-refractivity contribution in [2.45, 2.75) is 13.3 Å². The number of hydrogen-bond donors (Lipinski definition) is 2. The third kappa shape index (κ3) is 3.46. The minimum absolute atomic E-state index is 0.156. The monoisotopic (exact) mass is 247 g/mol. The van der Waals surface area contributed by atoms with E-state index in [1.54, 1.807) is 0 Å². The fraction of sp³-hybridized carbons (Fsp3) is 0.400. The predicted molar refractivity (Wildman–Crippen MR) is 60.2 cm³/mol. The van der Waals surface area contributed by atoms with Crippen LogP contribution in [0.5, 0.6) is 0 Å². The second kappa shape index (κ2) is 5.27. The topological polar surface area (TPSA) is 66.4 Å². The van der Waals surface area contributed by atoms with Crippen molar-refractivity contribution < 1.29 is 17.9 Å². The van der Waals surface area contributed by atoms with Crippen LogP contribution in [0.1, 0.15) is 12.0 Å². The Morgan fingerprint density at radius 3 is 2.75 bits per heavy atom. The molecule has 0 spiro atoms. The zero-order valence-corrected chi connectivity index (χ0v) is 9.72.